The maximum atomic E-state index is 13.9. The standard InChI is InChI=1S/C16H13BrFN3/c17-12-5-3-6-13(18)15(12)21-16-11(9-19)8-10-4-1-2-7-14(10)20-16/h3,5-6,8H,1-2,4,7H2,(H,20,21). The van der Waals surface area contributed by atoms with Gasteiger partial charge in [0.05, 0.1) is 11.3 Å². The van der Waals surface area contributed by atoms with Gasteiger partial charge in [0.1, 0.15) is 17.7 Å². The van der Waals surface area contributed by atoms with Crippen LogP contribution in [0.25, 0.3) is 0 Å². The van der Waals surface area contributed by atoms with Gasteiger partial charge in [0.25, 0.3) is 0 Å². The lowest BCUT2D eigenvalue weighted by molar-refractivity contribution is 0.631. The molecule has 0 saturated heterocycles. The van der Waals surface area contributed by atoms with Crippen molar-refractivity contribution in [3.05, 3.63) is 51.4 Å². The van der Waals surface area contributed by atoms with Crippen molar-refractivity contribution in [3.63, 3.8) is 0 Å². The van der Waals surface area contributed by atoms with Crippen LogP contribution < -0.4 is 5.32 Å². The number of hydrogen-bond acceptors (Lipinski definition) is 3. The quantitative estimate of drug-likeness (QED) is 0.872. The highest BCUT2D eigenvalue weighted by molar-refractivity contribution is 9.10. The van der Waals surface area contributed by atoms with E-state index >= 15 is 0 Å². The van der Waals surface area contributed by atoms with E-state index in [4.69, 9.17) is 0 Å². The molecule has 21 heavy (non-hydrogen) atoms. The second kappa shape index (κ2) is 5.82. The minimum absolute atomic E-state index is 0.303. The van der Waals surface area contributed by atoms with Gasteiger partial charge in [-0.25, -0.2) is 9.37 Å². The van der Waals surface area contributed by atoms with Crippen molar-refractivity contribution in [2.75, 3.05) is 5.32 Å². The average Bonchev–Trinajstić information content (AvgIpc) is 2.50. The van der Waals surface area contributed by atoms with Crippen molar-refractivity contribution in [3.8, 4) is 6.07 Å². The molecular formula is C16H13BrFN3. The predicted molar refractivity (Wildman–Crippen MR) is 83.0 cm³/mol. The molecule has 106 valence electrons. The van der Waals surface area contributed by atoms with Gasteiger partial charge in [-0.15, -0.1) is 0 Å². The molecule has 0 aliphatic heterocycles. The molecule has 0 spiro atoms. The molecule has 1 N–H and O–H groups in total. The van der Waals surface area contributed by atoms with Gasteiger partial charge in [-0.05, 0) is 65.4 Å². The summed E-state index contributed by atoms with van der Waals surface area (Å²) < 4.78 is 14.5. The van der Waals surface area contributed by atoms with Crippen LogP contribution in [0.4, 0.5) is 15.9 Å². The number of para-hydroxylation sites is 1. The van der Waals surface area contributed by atoms with Crippen LogP contribution in [0.15, 0.2) is 28.7 Å². The number of benzene rings is 1. The van der Waals surface area contributed by atoms with E-state index in [0.717, 1.165) is 36.9 Å². The number of fused-ring (bicyclic) bond motifs is 1. The van der Waals surface area contributed by atoms with E-state index in [1.165, 1.54) is 6.07 Å². The molecule has 0 unspecified atom stereocenters. The van der Waals surface area contributed by atoms with Crippen LogP contribution in [-0.4, -0.2) is 4.98 Å². The number of aromatic nitrogens is 1. The Balaban J connectivity index is 2.04. The Labute approximate surface area is 131 Å². The van der Waals surface area contributed by atoms with Crippen molar-refractivity contribution in [1.82, 2.24) is 4.98 Å². The Morgan fingerprint density at radius 2 is 2.10 bits per heavy atom. The molecule has 1 aromatic carbocycles. The van der Waals surface area contributed by atoms with Gasteiger partial charge in [-0.1, -0.05) is 6.07 Å². The summed E-state index contributed by atoms with van der Waals surface area (Å²) in [6.07, 6.45) is 4.11. The van der Waals surface area contributed by atoms with Crippen LogP contribution in [0, 0.1) is 17.1 Å². The van der Waals surface area contributed by atoms with Crippen LogP contribution >= 0.6 is 15.9 Å². The maximum Gasteiger partial charge on any atom is 0.148 e. The topological polar surface area (TPSA) is 48.7 Å². The lowest BCUT2D eigenvalue weighted by atomic mass is 9.95. The van der Waals surface area contributed by atoms with Gasteiger partial charge in [0.15, 0.2) is 0 Å². The van der Waals surface area contributed by atoms with Gasteiger partial charge in [-0.2, -0.15) is 5.26 Å². The smallest absolute Gasteiger partial charge is 0.148 e. The summed E-state index contributed by atoms with van der Waals surface area (Å²) >= 11 is 3.31. The van der Waals surface area contributed by atoms with E-state index < -0.39 is 0 Å². The Hall–Kier alpha value is -1.93. The minimum Gasteiger partial charge on any atom is -0.336 e. The first-order chi connectivity index (χ1) is 10.2. The van der Waals surface area contributed by atoms with Gasteiger partial charge in [0.2, 0.25) is 0 Å². The number of anilines is 2. The van der Waals surface area contributed by atoms with E-state index in [0.29, 0.717) is 21.5 Å². The number of halogens is 2. The van der Waals surface area contributed by atoms with Crippen LogP contribution in [-0.2, 0) is 12.8 Å². The highest BCUT2D eigenvalue weighted by Crippen LogP contribution is 2.31. The zero-order valence-electron chi connectivity index (χ0n) is 11.3. The summed E-state index contributed by atoms with van der Waals surface area (Å²) in [5.41, 5.74) is 2.90. The Bertz CT molecular complexity index is 717. The fourth-order valence-corrected chi connectivity index (χ4v) is 2.99. The van der Waals surface area contributed by atoms with Crippen LogP contribution in [0.5, 0.6) is 0 Å². The molecule has 0 bridgehead atoms. The van der Waals surface area contributed by atoms with E-state index in [1.807, 2.05) is 6.07 Å². The molecule has 0 atom stereocenters. The first-order valence-electron chi connectivity index (χ1n) is 6.83. The lowest BCUT2D eigenvalue weighted by Gasteiger charge is -2.18. The monoisotopic (exact) mass is 345 g/mol. The summed E-state index contributed by atoms with van der Waals surface area (Å²) in [7, 11) is 0. The number of aryl methyl sites for hydroxylation is 2. The molecule has 0 radical (unpaired) electrons. The molecule has 1 aliphatic rings. The van der Waals surface area contributed by atoms with Crippen LogP contribution in [0.3, 0.4) is 0 Å². The van der Waals surface area contributed by atoms with Crippen molar-refractivity contribution in [2.45, 2.75) is 25.7 Å². The van der Waals surface area contributed by atoms with Crippen molar-refractivity contribution < 1.29 is 4.39 Å². The third-order valence-electron chi connectivity index (χ3n) is 3.63. The largest absolute Gasteiger partial charge is 0.336 e. The Morgan fingerprint density at radius 1 is 1.29 bits per heavy atom. The molecule has 0 fully saturated rings. The summed E-state index contributed by atoms with van der Waals surface area (Å²) in [4.78, 5) is 4.54. The zero-order valence-corrected chi connectivity index (χ0v) is 12.9. The number of hydrogen-bond donors (Lipinski definition) is 1. The van der Waals surface area contributed by atoms with E-state index in [1.54, 1.807) is 12.1 Å². The molecule has 1 aromatic heterocycles. The molecule has 2 aromatic rings. The minimum atomic E-state index is -0.382. The SMILES string of the molecule is N#Cc1cc2c(nc1Nc1c(F)cccc1Br)CCCC2. The van der Waals surface area contributed by atoms with Crippen molar-refractivity contribution >= 4 is 27.4 Å². The molecule has 3 nitrogen and oxygen atoms in total. The first kappa shape index (κ1) is 14.0. The number of nitriles is 1. The van der Waals surface area contributed by atoms with Gasteiger partial charge in [-0.3, -0.25) is 0 Å². The first-order valence-corrected chi connectivity index (χ1v) is 7.62. The van der Waals surface area contributed by atoms with Crippen molar-refractivity contribution in [1.29, 1.82) is 5.26 Å². The molecule has 0 amide bonds. The summed E-state index contributed by atoms with van der Waals surface area (Å²) in [5, 5.41) is 12.3. The van der Waals surface area contributed by atoms with E-state index in [-0.39, 0.29) is 5.82 Å². The normalized spacial score (nSPS) is 13.4. The highest BCUT2D eigenvalue weighted by Gasteiger charge is 2.16. The predicted octanol–water partition coefficient (Wildman–Crippen LogP) is 4.48. The summed E-state index contributed by atoms with van der Waals surface area (Å²) in [6.45, 7) is 0. The van der Waals surface area contributed by atoms with Gasteiger partial charge in [0, 0.05) is 10.2 Å². The fourth-order valence-electron chi connectivity index (χ4n) is 2.55. The van der Waals surface area contributed by atoms with Crippen LogP contribution in [0.2, 0.25) is 0 Å². The lowest BCUT2D eigenvalue weighted by Crippen LogP contribution is -2.09. The third-order valence-corrected chi connectivity index (χ3v) is 4.29. The van der Waals surface area contributed by atoms with E-state index in [9.17, 15) is 9.65 Å². The molecule has 1 heterocycles. The molecule has 3 rings (SSSR count). The van der Waals surface area contributed by atoms with Crippen molar-refractivity contribution in [2.24, 2.45) is 0 Å². The third kappa shape index (κ3) is 2.77. The maximum absolute atomic E-state index is 13.9. The van der Waals surface area contributed by atoms with E-state index in [2.05, 4.69) is 32.3 Å². The summed E-state index contributed by atoms with van der Waals surface area (Å²) in [5.74, 6) is 0.0386. The Kier molecular flexibility index (Phi) is 3.89. The van der Waals surface area contributed by atoms with Gasteiger partial charge >= 0.3 is 0 Å². The zero-order chi connectivity index (χ0) is 14.8. The molecule has 1 aliphatic carbocycles. The fraction of sp³-hybridized carbons (Fsp3) is 0.250. The number of pyridine rings is 1. The molecular weight excluding hydrogens is 333 g/mol. The Morgan fingerprint density at radius 3 is 2.86 bits per heavy atom. The number of nitrogens with zero attached hydrogens (tertiary/aromatic N) is 2. The highest BCUT2D eigenvalue weighted by atomic mass is 79.9. The van der Waals surface area contributed by atoms with Gasteiger partial charge < -0.3 is 5.32 Å². The second-order valence-electron chi connectivity index (χ2n) is 5.03. The number of rotatable bonds is 2. The van der Waals surface area contributed by atoms with Crippen LogP contribution in [0.1, 0.15) is 29.7 Å². The molecule has 0 saturated carbocycles. The summed E-state index contributed by atoms with van der Waals surface area (Å²) in [6, 6.07) is 8.76. The average molecular weight is 346 g/mol. The number of nitrogens with one attached hydrogen (secondary N) is 1. The molecule has 5 heteroatoms. The second-order valence-corrected chi connectivity index (χ2v) is 5.89.